The van der Waals surface area contributed by atoms with Gasteiger partial charge in [-0.25, -0.2) is 0 Å². The number of nitrogens with zero attached hydrogens (tertiary/aromatic N) is 4. The van der Waals surface area contributed by atoms with Crippen LogP contribution in [0.2, 0.25) is 0 Å². The van der Waals surface area contributed by atoms with E-state index < -0.39 is 0 Å². The van der Waals surface area contributed by atoms with Crippen LogP contribution in [0.5, 0.6) is 0 Å². The first kappa shape index (κ1) is 15.9. The lowest BCUT2D eigenvalue weighted by atomic mass is 10.1. The fourth-order valence-corrected chi connectivity index (χ4v) is 2.56. The zero-order valence-electron chi connectivity index (χ0n) is 12.2. The lowest BCUT2D eigenvalue weighted by molar-refractivity contribution is 0.248. The maximum absolute atomic E-state index is 9.13. The van der Waals surface area contributed by atoms with E-state index in [0.29, 0.717) is 11.5 Å². The van der Waals surface area contributed by atoms with Crippen LogP contribution < -0.4 is 5.32 Å². The number of nitrogens with one attached hydrogen (secondary N) is 2. The number of H-pyrrole nitrogens is 1. The van der Waals surface area contributed by atoms with Crippen LogP contribution in [-0.4, -0.2) is 25.7 Å². The predicted octanol–water partition coefficient (Wildman–Crippen LogP) is 2.69. The fraction of sp³-hybridized carbons (Fsp3) is 0.0667. The number of tetrazole rings is 1. The summed E-state index contributed by atoms with van der Waals surface area (Å²) < 4.78 is 6.33. The summed E-state index contributed by atoms with van der Waals surface area (Å²) in [6.07, 6.45) is 1.50. The van der Waals surface area contributed by atoms with Gasteiger partial charge in [-0.2, -0.15) is 10.5 Å². The molecule has 0 saturated heterocycles. The number of hydrogen-bond donors (Lipinski definition) is 3. The summed E-state index contributed by atoms with van der Waals surface area (Å²) in [5.74, 6) is 1.37. The SMILES string of the molecule is N#CC(=CNc1ccc(-c2ccc(CO)o2)c(Br)c1)c1nn[nH]n1. The van der Waals surface area contributed by atoms with Gasteiger partial charge in [0.1, 0.15) is 29.8 Å². The molecule has 3 rings (SSSR count). The second kappa shape index (κ2) is 7.08. The lowest BCUT2D eigenvalue weighted by Crippen LogP contribution is -1.93. The van der Waals surface area contributed by atoms with E-state index in [-0.39, 0.29) is 18.0 Å². The Morgan fingerprint density at radius 3 is 2.92 bits per heavy atom. The van der Waals surface area contributed by atoms with E-state index in [1.165, 1.54) is 6.20 Å². The van der Waals surface area contributed by atoms with Gasteiger partial charge in [0.2, 0.25) is 5.82 Å². The number of nitriles is 1. The Bertz CT molecular complexity index is 910. The van der Waals surface area contributed by atoms with E-state index in [1.54, 1.807) is 12.1 Å². The number of allylic oxidation sites excluding steroid dienone is 1. The minimum absolute atomic E-state index is 0.144. The number of halogens is 1. The number of aromatic nitrogens is 4. The third kappa shape index (κ3) is 3.34. The maximum atomic E-state index is 9.13. The molecule has 0 aliphatic carbocycles. The Hall–Kier alpha value is -2.96. The van der Waals surface area contributed by atoms with Gasteiger partial charge in [0.05, 0.1) is 0 Å². The van der Waals surface area contributed by atoms with Gasteiger partial charge in [0.25, 0.3) is 0 Å². The Labute approximate surface area is 144 Å². The standard InChI is InChI=1S/C15H11BrN6O2/c16-13-5-10(18-7-9(6-17)15-19-21-22-20-15)1-3-12(13)14-4-2-11(8-23)24-14/h1-5,7,18,23H,8H2,(H,19,20,21,22). The molecule has 0 spiro atoms. The smallest absolute Gasteiger partial charge is 0.216 e. The third-order valence-electron chi connectivity index (χ3n) is 3.14. The predicted molar refractivity (Wildman–Crippen MR) is 89.2 cm³/mol. The molecule has 24 heavy (non-hydrogen) atoms. The summed E-state index contributed by atoms with van der Waals surface area (Å²) in [5.41, 5.74) is 1.86. The van der Waals surface area contributed by atoms with Gasteiger partial charge >= 0.3 is 0 Å². The van der Waals surface area contributed by atoms with Gasteiger partial charge in [-0.15, -0.1) is 10.2 Å². The van der Waals surface area contributed by atoms with E-state index in [0.717, 1.165) is 15.7 Å². The van der Waals surface area contributed by atoms with Crippen molar-refractivity contribution in [3.63, 3.8) is 0 Å². The molecule has 0 radical (unpaired) electrons. The second-order valence-corrected chi connectivity index (χ2v) is 5.52. The summed E-state index contributed by atoms with van der Waals surface area (Å²) in [5, 5.41) is 34.5. The van der Waals surface area contributed by atoms with Gasteiger partial charge < -0.3 is 14.8 Å². The zero-order chi connectivity index (χ0) is 16.9. The Balaban J connectivity index is 1.81. The molecule has 0 fully saturated rings. The topological polar surface area (TPSA) is 124 Å². The number of rotatable bonds is 5. The number of hydrogen-bond acceptors (Lipinski definition) is 7. The Kier molecular flexibility index (Phi) is 4.69. The molecule has 9 heteroatoms. The highest BCUT2D eigenvalue weighted by molar-refractivity contribution is 9.10. The zero-order valence-corrected chi connectivity index (χ0v) is 13.8. The molecule has 3 N–H and O–H groups in total. The molecule has 0 aliphatic rings. The van der Waals surface area contributed by atoms with E-state index >= 15 is 0 Å². The third-order valence-corrected chi connectivity index (χ3v) is 3.80. The van der Waals surface area contributed by atoms with E-state index in [9.17, 15) is 0 Å². The van der Waals surface area contributed by atoms with Crippen molar-refractivity contribution >= 4 is 27.2 Å². The average Bonchev–Trinajstić information content (AvgIpc) is 3.27. The molecule has 0 unspecified atom stereocenters. The van der Waals surface area contributed by atoms with Crippen molar-refractivity contribution in [2.24, 2.45) is 0 Å². The largest absolute Gasteiger partial charge is 0.459 e. The van der Waals surface area contributed by atoms with Crippen LogP contribution in [0.3, 0.4) is 0 Å². The van der Waals surface area contributed by atoms with Gasteiger partial charge in [-0.1, -0.05) is 0 Å². The van der Waals surface area contributed by atoms with Crippen molar-refractivity contribution in [1.82, 2.24) is 20.6 Å². The first-order valence-electron chi connectivity index (χ1n) is 6.81. The molecule has 2 aromatic heterocycles. The highest BCUT2D eigenvalue weighted by Gasteiger charge is 2.09. The van der Waals surface area contributed by atoms with E-state index in [2.05, 4.69) is 41.9 Å². The van der Waals surface area contributed by atoms with Crippen molar-refractivity contribution in [2.75, 3.05) is 5.32 Å². The Morgan fingerprint density at radius 1 is 1.42 bits per heavy atom. The van der Waals surface area contributed by atoms with Crippen molar-refractivity contribution < 1.29 is 9.52 Å². The number of anilines is 1. The monoisotopic (exact) mass is 386 g/mol. The molecule has 0 atom stereocenters. The summed E-state index contributed by atoms with van der Waals surface area (Å²) >= 11 is 3.49. The summed E-state index contributed by atoms with van der Waals surface area (Å²) in [4.78, 5) is 0. The van der Waals surface area contributed by atoms with Crippen LogP contribution in [0.25, 0.3) is 16.9 Å². The second-order valence-electron chi connectivity index (χ2n) is 4.67. The summed E-state index contributed by atoms with van der Waals surface area (Å²) in [6.45, 7) is -0.144. The minimum Gasteiger partial charge on any atom is -0.459 e. The molecule has 120 valence electrons. The quantitative estimate of drug-likeness (QED) is 0.575. The maximum Gasteiger partial charge on any atom is 0.216 e. The van der Waals surface area contributed by atoms with Gasteiger partial charge in [0, 0.05) is 21.9 Å². The normalized spacial score (nSPS) is 11.3. The molecule has 0 bridgehead atoms. The van der Waals surface area contributed by atoms with E-state index in [1.807, 2.05) is 24.3 Å². The number of aliphatic hydroxyl groups is 1. The molecule has 0 amide bonds. The van der Waals surface area contributed by atoms with Gasteiger partial charge in [-0.3, -0.25) is 0 Å². The van der Waals surface area contributed by atoms with Crippen LogP contribution in [0.4, 0.5) is 5.69 Å². The molecule has 0 aliphatic heterocycles. The van der Waals surface area contributed by atoms with Crippen LogP contribution in [0.15, 0.2) is 45.4 Å². The van der Waals surface area contributed by atoms with Crippen LogP contribution in [0, 0.1) is 11.3 Å². The van der Waals surface area contributed by atoms with Crippen LogP contribution >= 0.6 is 15.9 Å². The molecule has 2 heterocycles. The fourth-order valence-electron chi connectivity index (χ4n) is 1.99. The number of aliphatic hydroxyl groups excluding tert-OH is 1. The molecule has 3 aromatic rings. The number of benzene rings is 1. The molecule has 1 aromatic carbocycles. The molecule has 8 nitrogen and oxygen atoms in total. The highest BCUT2D eigenvalue weighted by Crippen LogP contribution is 2.32. The first-order valence-corrected chi connectivity index (χ1v) is 7.60. The molecule has 0 saturated carbocycles. The van der Waals surface area contributed by atoms with Crippen molar-refractivity contribution in [3.8, 4) is 17.4 Å². The van der Waals surface area contributed by atoms with E-state index in [4.69, 9.17) is 14.8 Å². The number of aromatic amines is 1. The molecular formula is C15H11BrN6O2. The van der Waals surface area contributed by atoms with Crippen LogP contribution in [0.1, 0.15) is 11.6 Å². The van der Waals surface area contributed by atoms with Crippen LogP contribution in [-0.2, 0) is 6.61 Å². The Morgan fingerprint density at radius 2 is 2.29 bits per heavy atom. The summed E-state index contributed by atoms with van der Waals surface area (Å²) in [7, 11) is 0. The minimum atomic E-state index is -0.144. The van der Waals surface area contributed by atoms with Crippen molar-refractivity contribution in [2.45, 2.75) is 6.61 Å². The van der Waals surface area contributed by atoms with Gasteiger partial charge in [0.15, 0.2) is 0 Å². The van der Waals surface area contributed by atoms with Crippen molar-refractivity contribution in [3.05, 3.63) is 52.6 Å². The average molecular weight is 387 g/mol. The lowest BCUT2D eigenvalue weighted by Gasteiger charge is -2.06. The van der Waals surface area contributed by atoms with Crippen molar-refractivity contribution in [1.29, 1.82) is 5.26 Å². The summed E-state index contributed by atoms with van der Waals surface area (Å²) in [6, 6.07) is 11.1. The number of furan rings is 1. The van der Waals surface area contributed by atoms with Gasteiger partial charge in [-0.05, 0) is 51.5 Å². The first-order chi connectivity index (χ1) is 11.7. The molecular weight excluding hydrogens is 376 g/mol. The highest BCUT2D eigenvalue weighted by atomic mass is 79.9.